The molecule has 1 saturated heterocycles. The fourth-order valence-corrected chi connectivity index (χ4v) is 1.55. The molecule has 0 spiro atoms. The Kier molecular flexibility index (Phi) is 4.68. The molecule has 4 N–H and O–H groups in total. The van der Waals surface area contributed by atoms with Crippen molar-refractivity contribution in [1.29, 1.82) is 0 Å². The van der Waals surface area contributed by atoms with E-state index < -0.39 is 42.3 Å². The third-order valence-electron chi connectivity index (χ3n) is 3.10. The number of hydrogen-bond acceptors (Lipinski definition) is 6. The van der Waals surface area contributed by atoms with Crippen LogP contribution < -0.4 is 0 Å². The summed E-state index contributed by atoms with van der Waals surface area (Å²) in [5.41, 5.74) is -0.642. The molecule has 1 aliphatic rings. The maximum absolute atomic E-state index is 10.9. The van der Waals surface area contributed by atoms with Gasteiger partial charge >= 0.3 is 5.97 Å². The van der Waals surface area contributed by atoms with Crippen molar-refractivity contribution in [3.05, 3.63) is 0 Å². The fourth-order valence-electron chi connectivity index (χ4n) is 1.55. The van der Waals surface area contributed by atoms with Gasteiger partial charge in [-0.05, 0) is 20.3 Å². The zero-order valence-corrected chi connectivity index (χ0v) is 10.6. The van der Waals surface area contributed by atoms with Gasteiger partial charge in [-0.15, -0.1) is 0 Å². The first-order chi connectivity index (χ1) is 8.19. The van der Waals surface area contributed by atoms with Crippen LogP contribution in [0, 0.1) is 0 Å². The maximum Gasteiger partial charge on any atom is 0.335 e. The van der Waals surface area contributed by atoms with Crippen LogP contribution in [-0.2, 0) is 14.3 Å². The zero-order valence-electron chi connectivity index (χ0n) is 10.6. The van der Waals surface area contributed by atoms with Crippen LogP contribution in [0.25, 0.3) is 0 Å². The zero-order chi connectivity index (χ0) is 14.1. The van der Waals surface area contributed by atoms with Crippen LogP contribution in [0.4, 0.5) is 0 Å². The van der Waals surface area contributed by atoms with Gasteiger partial charge in [-0.3, -0.25) is 0 Å². The molecule has 0 aromatic rings. The second kappa shape index (κ2) is 5.50. The van der Waals surface area contributed by atoms with Crippen molar-refractivity contribution in [1.82, 2.24) is 0 Å². The highest BCUT2D eigenvalue weighted by atomic mass is 16.7. The molecule has 0 saturated carbocycles. The highest BCUT2D eigenvalue weighted by Gasteiger charge is 2.48. The molecule has 106 valence electrons. The largest absolute Gasteiger partial charge is 0.479 e. The molecule has 0 aliphatic carbocycles. The molecule has 1 heterocycles. The Bertz CT molecular complexity index is 304. The van der Waals surface area contributed by atoms with E-state index in [0.717, 1.165) is 0 Å². The number of carboxylic acid groups (broad SMARTS) is 1. The van der Waals surface area contributed by atoms with E-state index in [-0.39, 0.29) is 0 Å². The maximum atomic E-state index is 10.9. The molecule has 1 fully saturated rings. The lowest BCUT2D eigenvalue weighted by Crippen LogP contribution is -2.61. The average Bonchev–Trinajstić information content (AvgIpc) is 2.29. The summed E-state index contributed by atoms with van der Waals surface area (Å²) in [6, 6.07) is 0. The van der Waals surface area contributed by atoms with Gasteiger partial charge in [0.25, 0.3) is 0 Å². The third-order valence-corrected chi connectivity index (χ3v) is 3.10. The first-order valence-electron chi connectivity index (χ1n) is 5.80. The third kappa shape index (κ3) is 3.18. The number of aliphatic hydroxyl groups is 3. The monoisotopic (exact) mass is 264 g/mol. The molecule has 7 heteroatoms. The van der Waals surface area contributed by atoms with Crippen molar-refractivity contribution in [3.63, 3.8) is 0 Å². The first kappa shape index (κ1) is 15.3. The van der Waals surface area contributed by atoms with E-state index in [0.29, 0.717) is 6.42 Å². The smallest absolute Gasteiger partial charge is 0.335 e. The van der Waals surface area contributed by atoms with Gasteiger partial charge < -0.3 is 29.9 Å². The van der Waals surface area contributed by atoms with Gasteiger partial charge in [0.15, 0.2) is 12.4 Å². The predicted octanol–water partition coefficient (Wildman–Crippen LogP) is -0.916. The molecule has 7 nitrogen and oxygen atoms in total. The Morgan fingerprint density at radius 1 is 1.22 bits per heavy atom. The van der Waals surface area contributed by atoms with Gasteiger partial charge in [0.1, 0.15) is 18.3 Å². The molecule has 18 heavy (non-hydrogen) atoms. The molecule has 0 aromatic heterocycles. The molecule has 1 rings (SSSR count). The minimum Gasteiger partial charge on any atom is -0.479 e. The summed E-state index contributed by atoms with van der Waals surface area (Å²) in [6.45, 7) is 5.35. The molecule has 1 aliphatic heterocycles. The van der Waals surface area contributed by atoms with Crippen LogP contribution in [0.1, 0.15) is 27.2 Å². The van der Waals surface area contributed by atoms with Crippen LogP contribution in [0.2, 0.25) is 0 Å². The summed E-state index contributed by atoms with van der Waals surface area (Å²) in [5, 5.41) is 37.6. The molecule has 0 unspecified atom stereocenters. The normalized spacial score (nSPS) is 37.6. The number of carboxylic acids is 1. The standard InChI is InChI=1S/C11H20O7/c1-4-11(2,3)18-10-7(14)5(12)6(13)8(17-10)9(15)16/h5-8,10,12-14H,4H2,1-3H3,(H,15,16)/t5-,6-,7+,8-,10-/m0/s1. The van der Waals surface area contributed by atoms with Crippen molar-refractivity contribution >= 4 is 5.97 Å². The topological polar surface area (TPSA) is 116 Å². The van der Waals surface area contributed by atoms with Crippen molar-refractivity contribution in [2.24, 2.45) is 0 Å². The second-order valence-electron chi connectivity index (χ2n) is 4.97. The van der Waals surface area contributed by atoms with Gasteiger partial charge in [-0.25, -0.2) is 4.79 Å². The number of carbonyl (C=O) groups is 1. The summed E-state index contributed by atoms with van der Waals surface area (Å²) in [4.78, 5) is 10.9. The molecular weight excluding hydrogens is 244 g/mol. The van der Waals surface area contributed by atoms with Crippen molar-refractivity contribution in [2.75, 3.05) is 0 Å². The predicted molar refractivity (Wildman–Crippen MR) is 59.8 cm³/mol. The first-order valence-corrected chi connectivity index (χ1v) is 5.80. The lowest BCUT2D eigenvalue weighted by atomic mass is 9.98. The van der Waals surface area contributed by atoms with Crippen molar-refractivity contribution in [3.8, 4) is 0 Å². The number of aliphatic hydroxyl groups excluding tert-OH is 3. The Morgan fingerprint density at radius 3 is 2.22 bits per heavy atom. The van der Waals surface area contributed by atoms with Crippen LogP contribution in [0.3, 0.4) is 0 Å². The van der Waals surface area contributed by atoms with E-state index in [1.54, 1.807) is 13.8 Å². The van der Waals surface area contributed by atoms with Gasteiger partial charge in [0, 0.05) is 0 Å². The van der Waals surface area contributed by atoms with Crippen molar-refractivity contribution < 1.29 is 34.7 Å². The Hall–Kier alpha value is -0.730. The van der Waals surface area contributed by atoms with E-state index in [2.05, 4.69) is 0 Å². The highest BCUT2D eigenvalue weighted by molar-refractivity contribution is 5.73. The molecule has 0 aromatic carbocycles. The van der Waals surface area contributed by atoms with Gasteiger partial charge in [0.2, 0.25) is 0 Å². The van der Waals surface area contributed by atoms with Gasteiger partial charge in [-0.2, -0.15) is 0 Å². The minimum atomic E-state index is -1.69. The lowest BCUT2D eigenvalue weighted by molar-refractivity contribution is -0.316. The van der Waals surface area contributed by atoms with E-state index >= 15 is 0 Å². The molecule has 0 amide bonds. The Labute approximate surface area is 105 Å². The molecular formula is C11H20O7. The summed E-state index contributed by atoms with van der Waals surface area (Å²) in [5.74, 6) is -1.42. The van der Waals surface area contributed by atoms with Gasteiger partial charge in [0.05, 0.1) is 5.60 Å². The number of rotatable bonds is 4. The highest BCUT2D eigenvalue weighted by Crippen LogP contribution is 2.27. The summed E-state index contributed by atoms with van der Waals surface area (Å²) in [7, 11) is 0. The van der Waals surface area contributed by atoms with Crippen LogP contribution >= 0.6 is 0 Å². The second-order valence-corrected chi connectivity index (χ2v) is 4.97. The molecule has 5 atom stereocenters. The molecule has 0 bridgehead atoms. The SMILES string of the molecule is CCC(C)(C)O[C@@H]1O[C@H](C(=O)O)[C@@H](O)[C@H](O)[C@H]1O. The van der Waals surface area contributed by atoms with Gasteiger partial charge in [-0.1, -0.05) is 6.92 Å². The van der Waals surface area contributed by atoms with E-state index in [9.17, 15) is 20.1 Å². The van der Waals surface area contributed by atoms with E-state index in [4.69, 9.17) is 14.6 Å². The summed E-state index contributed by atoms with van der Waals surface area (Å²) >= 11 is 0. The quantitative estimate of drug-likeness (QED) is 0.519. The Balaban J connectivity index is 2.82. The lowest BCUT2D eigenvalue weighted by Gasteiger charge is -2.41. The minimum absolute atomic E-state index is 0.607. The molecule has 0 radical (unpaired) electrons. The summed E-state index contributed by atoms with van der Waals surface area (Å²) in [6.07, 6.45) is -7.13. The fraction of sp³-hybridized carbons (Fsp3) is 0.909. The van der Waals surface area contributed by atoms with Crippen LogP contribution in [0.15, 0.2) is 0 Å². The number of ether oxygens (including phenoxy) is 2. The number of hydrogen-bond donors (Lipinski definition) is 4. The van der Waals surface area contributed by atoms with E-state index in [1.807, 2.05) is 6.92 Å². The number of aliphatic carboxylic acids is 1. The van der Waals surface area contributed by atoms with Crippen LogP contribution in [0.5, 0.6) is 0 Å². The average molecular weight is 264 g/mol. The van der Waals surface area contributed by atoms with Crippen molar-refractivity contribution in [2.45, 2.75) is 63.5 Å². The Morgan fingerprint density at radius 2 is 1.78 bits per heavy atom. The van der Waals surface area contributed by atoms with E-state index in [1.165, 1.54) is 0 Å². The summed E-state index contributed by atoms with van der Waals surface area (Å²) < 4.78 is 10.4. The van der Waals surface area contributed by atoms with Crippen LogP contribution in [-0.4, -0.2) is 62.7 Å².